The molecule has 0 saturated heterocycles. The largest absolute Gasteiger partial charge is 0.494 e. The Balaban J connectivity index is 1.52. The van der Waals surface area contributed by atoms with E-state index >= 15 is 0 Å². The molecule has 1 atom stereocenters. The summed E-state index contributed by atoms with van der Waals surface area (Å²) < 4.78 is 20.6. The number of ether oxygens (including phenoxy) is 1. The summed E-state index contributed by atoms with van der Waals surface area (Å²) in [6, 6.07) is 24.1. The first kappa shape index (κ1) is 20.8. The normalized spacial score (nSPS) is 14.6. The molecular formula is C27H23FN3O2+. The van der Waals surface area contributed by atoms with E-state index in [2.05, 4.69) is 5.32 Å². The van der Waals surface area contributed by atoms with Gasteiger partial charge in [-0.1, -0.05) is 66.7 Å². The Morgan fingerprint density at radius 1 is 1.00 bits per heavy atom. The number of hydrogen-bond acceptors (Lipinski definition) is 4. The predicted octanol–water partition coefficient (Wildman–Crippen LogP) is 4.45. The van der Waals surface area contributed by atoms with E-state index in [4.69, 9.17) is 9.72 Å². The minimum absolute atomic E-state index is 0.0674. The average molecular weight is 440 g/mol. The molecule has 5 nitrogen and oxygen atoms in total. The molecule has 0 saturated carbocycles. The highest BCUT2D eigenvalue weighted by molar-refractivity contribution is 5.82. The van der Waals surface area contributed by atoms with Gasteiger partial charge in [0, 0.05) is 18.4 Å². The molecule has 6 heteroatoms. The molecule has 3 aromatic carbocycles. The molecule has 0 aliphatic carbocycles. The van der Waals surface area contributed by atoms with Crippen LogP contribution in [-0.4, -0.2) is 24.0 Å². The summed E-state index contributed by atoms with van der Waals surface area (Å²) in [5, 5.41) is 3.37. The van der Waals surface area contributed by atoms with Crippen LogP contribution in [0.2, 0.25) is 0 Å². The smallest absolute Gasteiger partial charge is 0.359 e. The lowest BCUT2D eigenvalue weighted by Crippen LogP contribution is -2.44. The van der Waals surface area contributed by atoms with Gasteiger partial charge in [0.25, 0.3) is 0 Å². The number of nitrogens with one attached hydrogen (secondary N) is 1. The van der Waals surface area contributed by atoms with E-state index in [1.54, 1.807) is 22.9 Å². The molecule has 0 amide bonds. The van der Waals surface area contributed by atoms with Crippen molar-refractivity contribution in [3.63, 3.8) is 0 Å². The molecule has 1 aliphatic heterocycles. The third-order valence-corrected chi connectivity index (χ3v) is 5.81. The van der Waals surface area contributed by atoms with Crippen LogP contribution < -0.4 is 14.6 Å². The van der Waals surface area contributed by atoms with E-state index in [0.29, 0.717) is 18.7 Å². The number of aromatic nitrogens is 2. The molecule has 5 rings (SSSR count). The van der Waals surface area contributed by atoms with E-state index in [9.17, 15) is 9.18 Å². The molecule has 2 heterocycles. The summed E-state index contributed by atoms with van der Waals surface area (Å²) in [5.41, 5.74) is 4.41. The number of anilines is 1. The van der Waals surface area contributed by atoms with Crippen LogP contribution in [0.5, 0.6) is 5.75 Å². The Labute approximate surface area is 191 Å². The Hall–Kier alpha value is -4.06. The van der Waals surface area contributed by atoms with Crippen molar-refractivity contribution >= 4 is 11.7 Å². The van der Waals surface area contributed by atoms with E-state index in [0.717, 1.165) is 28.1 Å². The zero-order valence-corrected chi connectivity index (χ0v) is 18.2. The van der Waals surface area contributed by atoms with Crippen LogP contribution in [0.3, 0.4) is 0 Å². The second-order valence-corrected chi connectivity index (χ2v) is 8.03. The number of benzene rings is 3. The second-order valence-electron chi connectivity index (χ2n) is 8.03. The van der Waals surface area contributed by atoms with Gasteiger partial charge < -0.3 is 4.74 Å². The summed E-state index contributed by atoms with van der Waals surface area (Å²) in [6.07, 6.45) is 2.79. The summed E-state index contributed by atoms with van der Waals surface area (Å²) in [7, 11) is 1.43. The third kappa shape index (κ3) is 4.20. The fourth-order valence-electron chi connectivity index (χ4n) is 4.14. The maximum Gasteiger partial charge on any atom is 0.359 e. The molecule has 0 fully saturated rings. The molecule has 1 unspecified atom stereocenters. The minimum Gasteiger partial charge on any atom is -0.494 e. The third-order valence-electron chi connectivity index (χ3n) is 5.81. The standard InChI is InChI=1S/C27H22FN3O2/c1-33-25-16-19(12-13-21(25)28)15-23-27(32)31-17-24(20-10-6-3-7-11-20)29-22(26(31)30-23)14-18-8-4-2-5-9-18/h2-13,16-17,23H,14-15H2,1H3/p+1. The first-order valence-electron chi connectivity index (χ1n) is 10.8. The molecule has 1 N–H and O–H groups in total. The van der Waals surface area contributed by atoms with Gasteiger partial charge in [-0.2, -0.15) is 4.57 Å². The lowest BCUT2D eigenvalue weighted by Gasteiger charge is -2.07. The van der Waals surface area contributed by atoms with Crippen LogP contribution in [-0.2, 0) is 12.8 Å². The van der Waals surface area contributed by atoms with Gasteiger partial charge >= 0.3 is 11.7 Å². The van der Waals surface area contributed by atoms with Crippen molar-refractivity contribution in [2.24, 2.45) is 0 Å². The molecule has 1 aromatic heterocycles. The van der Waals surface area contributed by atoms with E-state index in [1.807, 2.05) is 60.7 Å². The van der Waals surface area contributed by atoms with E-state index < -0.39 is 11.9 Å². The Bertz CT molecular complexity index is 1310. The van der Waals surface area contributed by atoms with Crippen molar-refractivity contribution in [2.75, 3.05) is 12.4 Å². The number of halogens is 1. The first-order chi connectivity index (χ1) is 16.1. The summed E-state index contributed by atoms with van der Waals surface area (Å²) in [6.45, 7) is 0. The molecule has 1 aliphatic rings. The maximum absolute atomic E-state index is 13.8. The van der Waals surface area contributed by atoms with Gasteiger partial charge in [0.15, 0.2) is 17.6 Å². The van der Waals surface area contributed by atoms with Gasteiger partial charge in [0.1, 0.15) is 17.6 Å². The topological polar surface area (TPSA) is 55.1 Å². The van der Waals surface area contributed by atoms with Crippen molar-refractivity contribution in [3.8, 4) is 17.0 Å². The van der Waals surface area contributed by atoms with Gasteiger partial charge in [-0.3, -0.25) is 5.32 Å². The van der Waals surface area contributed by atoms with Gasteiger partial charge in [-0.15, -0.1) is 0 Å². The van der Waals surface area contributed by atoms with Crippen LogP contribution >= 0.6 is 0 Å². The van der Waals surface area contributed by atoms with E-state index in [1.165, 1.54) is 13.2 Å². The Morgan fingerprint density at radius 2 is 1.73 bits per heavy atom. The molecule has 0 radical (unpaired) electrons. The number of rotatable bonds is 6. The van der Waals surface area contributed by atoms with Crippen LogP contribution in [0, 0.1) is 5.82 Å². The van der Waals surface area contributed by atoms with Crippen molar-refractivity contribution in [3.05, 3.63) is 108 Å². The molecule has 4 aromatic rings. The number of carbonyl (C=O) groups is 1. The number of nitrogens with zero attached hydrogens (tertiary/aromatic N) is 2. The van der Waals surface area contributed by atoms with Gasteiger partial charge in [-0.25, -0.2) is 14.2 Å². The van der Waals surface area contributed by atoms with Gasteiger partial charge in [-0.05, 0) is 23.3 Å². The summed E-state index contributed by atoms with van der Waals surface area (Å²) >= 11 is 0. The lowest BCUT2D eigenvalue weighted by molar-refractivity contribution is -0.552. The fourth-order valence-corrected chi connectivity index (χ4v) is 4.14. The number of fused-ring (bicyclic) bond motifs is 1. The van der Waals surface area contributed by atoms with Crippen LogP contribution in [0.15, 0.2) is 85.1 Å². The van der Waals surface area contributed by atoms with Crippen molar-refractivity contribution in [2.45, 2.75) is 18.9 Å². The second kappa shape index (κ2) is 8.82. The highest BCUT2D eigenvalue weighted by atomic mass is 19.1. The van der Waals surface area contributed by atoms with E-state index in [-0.39, 0.29) is 11.7 Å². The Kier molecular flexibility index (Phi) is 5.57. The number of carbonyl (C=O) groups excluding carboxylic acids is 1. The first-order valence-corrected chi connectivity index (χ1v) is 10.8. The van der Waals surface area contributed by atoms with Crippen LogP contribution in [0.4, 0.5) is 10.2 Å². The van der Waals surface area contributed by atoms with Crippen molar-refractivity contribution < 1.29 is 18.5 Å². The number of methoxy groups -OCH3 is 1. The highest BCUT2D eigenvalue weighted by Gasteiger charge is 2.41. The average Bonchev–Trinajstić information content (AvgIpc) is 3.17. The lowest BCUT2D eigenvalue weighted by atomic mass is 10.1. The minimum atomic E-state index is -0.484. The summed E-state index contributed by atoms with van der Waals surface area (Å²) in [5.74, 6) is 0.372. The van der Waals surface area contributed by atoms with Crippen molar-refractivity contribution in [1.29, 1.82) is 0 Å². The molecular weight excluding hydrogens is 417 g/mol. The highest BCUT2D eigenvalue weighted by Crippen LogP contribution is 2.26. The predicted molar refractivity (Wildman–Crippen MR) is 124 cm³/mol. The monoisotopic (exact) mass is 440 g/mol. The van der Waals surface area contributed by atoms with Crippen LogP contribution in [0.25, 0.3) is 11.3 Å². The van der Waals surface area contributed by atoms with Gasteiger partial charge in [0.2, 0.25) is 0 Å². The maximum atomic E-state index is 13.8. The van der Waals surface area contributed by atoms with Crippen molar-refractivity contribution in [1.82, 2.24) is 4.98 Å². The van der Waals surface area contributed by atoms with Crippen LogP contribution in [0.1, 0.15) is 21.6 Å². The zero-order valence-electron chi connectivity index (χ0n) is 18.2. The molecule has 33 heavy (non-hydrogen) atoms. The SMILES string of the molecule is COc1cc(CC2Nc3c(Cc4ccccc4)nc(-c4ccccc4)c[n+]3C2=O)ccc1F. The number of hydrogen-bond donors (Lipinski definition) is 1. The zero-order chi connectivity index (χ0) is 22.8. The van der Waals surface area contributed by atoms with Gasteiger partial charge in [0.05, 0.1) is 7.11 Å². The molecule has 0 spiro atoms. The molecule has 164 valence electrons. The molecule has 0 bridgehead atoms. The summed E-state index contributed by atoms with van der Waals surface area (Å²) in [4.78, 5) is 18.3. The fraction of sp³-hybridized carbons (Fsp3) is 0.148. The Morgan fingerprint density at radius 3 is 2.45 bits per heavy atom. The quantitative estimate of drug-likeness (QED) is 0.450.